The molecule has 0 aliphatic heterocycles. The Labute approximate surface area is 166 Å². The van der Waals surface area contributed by atoms with Gasteiger partial charge in [-0.2, -0.15) is 0 Å². The highest BCUT2D eigenvalue weighted by molar-refractivity contribution is 8.13. The lowest BCUT2D eigenvalue weighted by molar-refractivity contribution is -0.150. The maximum absolute atomic E-state index is 12.5. The topological polar surface area (TPSA) is 162 Å². The average Bonchev–Trinajstić information content (AvgIpc) is 2.65. The first-order valence-corrected chi connectivity index (χ1v) is 9.17. The fraction of sp³-hybridized carbons (Fsp3) is 0.625. The van der Waals surface area contributed by atoms with E-state index in [4.69, 9.17) is 5.73 Å². The molecule has 0 aliphatic rings. The first-order valence-electron chi connectivity index (χ1n) is 8.19. The number of thioether (sulfide) groups is 1. The normalized spacial score (nSPS) is 12.3. The van der Waals surface area contributed by atoms with Crippen LogP contribution in [0.25, 0.3) is 0 Å². The van der Waals surface area contributed by atoms with Crippen LogP contribution in [-0.2, 0) is 38.2 Å². The Kier molecular flexibility index (Phi) is 11.7. The van der Waals surface area contributed by atoms with Gasteiger partial charge in [0.2, 0.25) is 17.7 Å². The van der Waals surface area contributed by atoms with Crippen LogP contribution in [0.4, 0.5) is 0 Å². The summed E-state index contributed by atoms with van der Waals surface area (Å²) >= 11 is 0.743. The molecule has 158 valence electrons. The minimum Gasteiger partial charge on any atom is -0.468 e. The molecule has 0 spiro atoms. The number of imide groups is 1. The van der Waals surface area contributed by atoms with Gasteiger partial charge in [0.05, 0.1) is 14.2 Å². The van der Waals surface area contributed by atoms with Gasteiger partial charge >= 0.3 is 11.9 Å². The van der Waals surface area contributed by atoms with Gasteiger partial charge in [-0.05, 0) is 6.42 Å². The second-order valence-electron chi connectivity index (χ2n) is 5.56. The Balaban J connectivity index is 5.35. The van der Waals surface area contributed by atoms with Crippen LogP contribution in [0.5, 0.6) is 0 Å². The quantitative estimate of drug-likeness (QED) is 0.402. The van der Waals surface area contributed by atoms with E-state index in [2.05, 4.69) is 14.8 Å². The third-order valence-electron chi connectivity index (χ3n) is 3.47. The minimum atomic E-state index is -1.34. The van der Waals surface area contributed by atoms with Crippen LogP contribution in [0, 0.1) is 0 Å². The van der Waals surface area contributed by atoms with Gasteiger partial charge in [0.1, 0.15) is 18.6 Å². The maximum atomic E-state index is 12.5. The lowest BCUT2D eigenvalue weighted by Crippen LogP contribution is -2.54. The van der Waals surface area contributed by atoms with Crippen molar-refractivity contribution in [1.82, 2.24) is 10.2 Å². The predicted molar refractivity (Wildman–Crippen MR) is 98.7 cm³/mol. The largest absolute Gasteiger partial charge is 0.468 e. The van der Waals surface area contributed by atoms with Crippen molar-refractivity contribution in [3.63, 3.8) is 0 Å². The standard InChI is InChI=1S/C16H25N3O8S/c1-9(20)19(13(22)6-5-11(17)16(25)27-4)12(8-28-10(2)21)15(24)18-7-14(23)26-3/h11-12H,5-8,17H2,1-4H3,(H,18,24). The van der Waals surface area contributed by atoms with Gasteiger partial charge in [0.15, 0.2) is 5.12 Å². The smallest absolute Gasteiger partial charge is 0.325 e. The predicted octanol–water partition coefficient (Wildman–Crippen LogP) is -1.42. The Morgan fingerprint density at radius 2 is 1.68 bits per heavy atom. The molecule has 3 amide bonds. The van der Waals surface area contributed by atoms with E-state index in [-0.39, 0.29) is 23.7 Å². The zero-order valence-electron chi connectivity index (χ0n) is 16.2. The average molecular weight is 419 g/mol. The molecule has 0 saturated carbocycles. The van der Waals surface area contributed by atoms with E-state index in [1.165, 1.54) is 6.92 Å². The Morgan fingerprint density at radius 1 is 1.07 bits per heavy atom. The number of nitrogens with zero attached hydrogens (tertiary/aromatic N) is 1. The zero-order valence-corrected chi connectivity index (χ0v) is 17.0. The number of amides is 3. The van der Waals surface area contributed by atoms with Crippen molar-refractivity contribution in [2.24, 2.45) is 5.73 Å². The molecule has 0 aromatic carbocycles. The van der Waals surface area contributed by atoms with Crippen molar-refractivity contribution in [2.75, 3.05) is 26.5 Å². The fourth-order valence-corrected chi connectivity index (χ4v) is 2.74. The van der Waals surface area contributed by atoms with Crippen LogP contribution in [0.3, 0.4) is 0 Å². The van der Waals surface area contributed by atoms with Crippen LogP contribution >= 0.6 is 11.8 Å². The van der Waals surface area contributed by atoms with Gasteiger partial charge in [0.25, 0.3) is 0 Å². The van der Waals surface area contributed by atoms with E-state index in [0.717, 1.165) is 32.9 Å². The summed E-state index contributed by atoms with van der Waals surface area (Å²) in [4.78, 5) is 71.5. The summed E-state index contributed by atoms with van der Waals surface area (Å²) < 4.78 is 8.88. The molecule has 0 aliphatic carbocycles. The Morgan fingerprint density at radius 3 is 2.14 bits per heavy atom. The molecule has 0 rings (SSSR count). The second-order valence-corrected chi connectivity index (χ2v) is 6.76. The summed E-state index contributed by atoms with van der Waals surface area (Å²) in [7, 11) is 2.28. The van der Waals surface area contributed by atoms with Crippen molar-refractivity contribution in [1.29, 1.82) is 0 Å². The molecule has 2 atom stereocenters. The number of hydrogen-bond donors (Lipinski definition) is 2. The van der Waals surface area contributed by atoms with Crippen LogP contribution in [-0.4, -0.2) is 78.3 Å². The van der Waals surface area contributed by atoms with Crippen molar-refractivity contribution in [3.8, 4) is 0 Å². The van der Waals surface area contributed by atoms with Crippen LogP contribution in [0.15, 0.2) is 0 Å². The molecule has 11 nitrogen and oxygen atoms in total. The highest BCUT2D eigenvalue weighted by Crippen LogP contribution is 2.14. The molecule has 2 unspecified atom stereocenters. The first-order chi connectivity index (χ1) is 13.0. The summed E-state index contributed by atoms with van der Waals surface area (Å²) in [6.45, 7) is 1.88. The van der Waals surface area contributed by atoms with E-state index in [9.17, 15) is 28.8 Å². The number of rotatable bonds is 10. The Hall–Kier alpha value is -2.47. The minimum absolute atomic E-state index is 0.106. The number of hydrogen-bond acceptors (Lipinski definition) is 10. The number of ether oxygens (including phenoxy) is 2. The first kappa shape index (κ1) is 25.5. The number of carbonyl (C=O) groups excluding carboxylic acids is 6. The molecule has 0 aromatic rings. The summed E-state index contributed by atoms with van der Waals surface area (Å²) in [6.07, 6.45) is -0.410. The van der Waals surface area contributed by atoms with Crippen molar-refractivity contribution >= 4 is 46.5 Å². The second kappa shape index (κ2) is 12.8. The van der Waals surface area contributed by atoms with Gasteiger partial charge in [-0.3, -0.25) is 33.7 Å². The van der Waals surface area contributed by atoms with E-state index in [1.54, 1.807) is 0 Å². The van der Waals surface area contributed by atoms with Crippen LogP contribution in [0.2, 0.25) is 0 Å². The summed E-state index contributed by atoms with van der Waals surface area (Å²) in [5.74, 6) is -3.94. The Bertz CT molecular complexity index is 625. The fourth-order valence-electron chi connectivity index (χ4n) is 2.05. The van der Waals surface area contributed by atoms with E-state index in [0.29, 0.717) is 4.90 Å². The molecule has 0 radical (unpaired) electrons. The number of carbonyl (C=O) groups is 6. The number of nitrogens with two attached hydrogens (primary N) is 1. The van der Waals surface area contributed by atoms with Crippen LogP contribution < -0.4 is 11.1 Å². The van der Waals surface area contributed by atoms with E-state index < -0.39 is 48.3 Å². The summed E-state index contributed by atoms with van der Waals surface area (Å²) in [5, 5.41) is 1.93. The third kappa shape index (κ3) is 8.95. The maximum Gasteiger partial charge on any atom is 0.325 e. The molecule has 0 heterocycles. The molecule has 28 heavy (non-hydrogen) atoms. The molecular weight excluding hydrogens is 394 g/mol. The lowest BCUT2D eigenvalue weighted by Gasteiger charge is -2.28. The monoisotopic (exact) mass is 419 g/mol. The van der Waals surface area contributed by atoms with E-state index >= 15 is 0 Å². The van der Waals surface area contributed by atoms with Crippen molar-refractivity contribution in [3.05, 3.63) is 0 Å². The zero-order chi connectivity index (χ0) is 21.9. The highest BCUT2D eigenvalue weighted by Gasteiger charge is 2.33. The lowest BCUT2D eigenvalue weighted by atomic mass is 10.1. The number of esters is 2. The van der Waals surface area contributed by atoms with Gasteiger partial charge < -0.3 is 20.5 Å². The highest BCUT2D eigenvalue weighted by atomic mass is 32.2. The molecule has 0 fully saturated rings. The number of methoxy groups -OCH3 is 2. The summed E-state index contributed by atoms with van der Waals surface area (Å²) in [5.41, 5.74) is 5.57. The van der Waals surface area contributed by atoms with Crippen molar-refractivity contribution in [2.45, 2.75) is 38.8 Å². The van der Waals surface area contributed by atoms with Crippen molar-refractivity contribution < 1.29 is 38.2 Å². The van der Waals surface area contributed by atoms with E-state index in [1.807, 2.05) is 0 Å². The van der Waals surface area contributed by atoms with Gasteiger partial charge in [-0.1, -0.05) is 11.8 Å². The molecule has 3 N–H and O–H groups in total. The van der Waals surface area contributed by atoms with Gasteiger partial charge in [-0.15, -0.1) is 0 Å². The van der Waals surface area contributed by atoms with Crippen LogP contribution in [0.1, 0.15) is 26.7 Å². The molecule has 0 bridgehead atoms. The number of nitrogens with one attached hydrogen (secondary N) is 1. The molecule has 0 saturated heterocycles. The molecule has 0 aromatic heterocycles. The SMILES string of the molecule is COC(=O)CNC(=O)C(CSC(C)=O)N(C(C)=O)C(=O)CCC(N)C(=O)OC. The summed E-state index contributed by atoms with van der Waals surface area (Å²) in [6, 6.07) is -2.40. The van der Waals surface area contributed by atoms with Gasteiger partial charge in [0, 0.05) is 26.0 Å². The van der Waals surface area contributed by atoms with Gasteiger partial charge in [-0.25, -0.2) is 0 Å². The molecular formula is C16H25N3O8S. The molecule has 12 heteroatoms. The third-order valence-corrected chi connectivity index (χ3v) is 4.36.